The van der Waals surface area contributed by atoms with E-state index in [9.17, 15) is 9.59 Å². The fraction of sp³-hybridized carbons (Fsp3) is 0.0909. The number of nitrogens with zero attached hydrogens (tertiary/aromatic N) is 1. The fourth-order valence-corrected chi connectivity index (χ4v) is 3.80. The summed E-state index contributed by atoms with van der Waals surface area (Å²) >= 11 is 1.67. The average Bonchev–Trinajstić information content (AvgIpc) is 3.37. The first-order chi connectivity index (χ1) is 13.2. The summed E-state index contributed by atoms with van der Waals surface area (Å²) in [7, 11) is 0. The van der Waals surface area contributed by atoms with Gasteiger partial charge in [0.1, 0.15) is 12.6 Å². The number of rotatable bonds is 4. The van der Waals surface area contributed by atoms with Crippen molar-refractivity contribution < 1.29 is 14.3 Å². The number of cyclic esters (lactones) is 1. The molecule has 4 nitrogen and oxygen atoms in total. The molecule has 4 rings (SSSR count). The summed E-state index contributed by atoms with van der Waals surface area (Å²) in [4.78, 5) is 27.1. The zero-order valence-electron chi connectivity index (χ0n) is 14.4. The first-order valence-corrected chi connectivity index (χ1v) is 9.47. The van der Waals surface area contributed by atoms with Gasteiger partial charge in [-0.1, -0.05) is 54.6 Å². The minimum absolute atomic E-state index is 0.177. The third-order valence-electron chi connectivity index (χ3n) is 4.41. The first kappa shape index (κ1) is 17.2. The predicted molar refractivity (Wildman–Crippen MR) is 106 cm³/mol. The number of ether oxygens (including phenoxy) is 1. The molecule has 2 heterocycles. The summed E-state index contributed by atoms with van der Waals surface area (Å²) in [5.74, 6) is -0.382. The zero-order chi connectivity index (χ0) is 18.6. The molecule has 0 aliphatic carbocycles. The standard InChI is InChI=1S/C22H17NO3S/c24-21(23-19(15-26-22(23)25)17-7-2-1-3-8-17)12-11-16-6-4-9-18(14-16)20-10-5-13-27-20/h1-14,19H,15H2. The maximum absolute atomic E-state index is 12.7. The van der Waals surface area contributed by atoms with Crippen LogP contribution in [0.1, 0.15) is 17.2 Å². The normalized spacial score (nSPS) is 16.7. The Morgan fingerprint density at radius 3 is 2.70 bits per heavy atom. The van der Waals surface area contributed by atoms with Crippen molar-refractivity contribution in [2.24, 2.45) is 0 Å². The van der Waals surface area contributed by atoms with Gasteiger partial charge >= 0.3 is 6.09 Å². The van der Waals surface area contributed by atoms with Crippen molar-refractivity contribution in [2.45, 2.75) is 6.04 Å². The third kappa shape index (κ3) is 3.68. The molecule has 1 fully saturated rings. The van der Waals surface area contributed by atoms with E-state index in [2.05, 4.69) is 6.07 Å². The Kier molecular flexibility index (Phi) is 4.85. The Morgan fingerprint density at radius 1 is 1.07 bits per heavy atom. The molecule has 134 valence electrons. The minimum Gasteiger partial charge on any atom is -0.446 e. The smallest absolute Gasteiger partial charge is 0.417 e. The van der Waals surface area contributed by atoms with Gasteiger partial charge in [-0.25, -0.2) is 9.69 Å². The van der Waals surface area contributed by atoms with E-state index in [1.165, 1.54) is 15.9 Å². The Hall–Kier alpha value is -3.18. The summed E-state index contributed by atoms with van der Waals surface area (Å²) in [5.41, 5.74) is 2.88. The molecule has 1 aliphatic heterocycles. The highest BCUT2D eigenvalue weighted by molar-refractivity contribution is 7.13. The van der Waals surface area contributed by atoms with Crippen molar-refractivity contribution >= 4 is 29.4 Å². The molecule has 1 saturated heterocycles. The Labute approximate surface area is 161 Å². The largest absolute Gasteiger partial charge is 0.446 e. The highest BCUT2D eigenvalue weighted by Gasteiger charge is 2.37. The molecule has 2 amide bonds. The summed E-state index contributed by atoms with van der Waals surface area (Å²) in [5, 5.41) is 2.03. The van der Waals surface area contributed by atoms with E-state index in [4.69, 9.17) is 4.74 Å². The second-order valence-electron chi connectivity index (χ2n) is 6.15. The summed E-state index contributed by atoms with van der Waals surface area (Å²) in [6.07, 6.45) is 2.55. The predicted octanol–water partition coefficient (Wildman–Crippen LogP) is 5.15. The van der Waals surface area contributed by atoms with E-state index in [1.54, 1.807) is 17.4 Å². The molecule has 0 N–H and O–H groups in total. The monoisotopic (exact) mass is 375 g/mol. The Bertz CT molecular complexity index is 980. The molecule has 1 aliphatic rings. The molecule has 1 aromatic heterocycles. The molecule has 0 spiro atoms. The number of carbonyl (C=O) groups excluding carboxylic acids is 2. The van der Waals surface area contributed by atoms with Crippen LogP contribution in [0.3, 0.4) is 0 Å². The summed E-state index contributed by atoms with van der Waals surface area (Å²) < 4.78 is 5.11. The van der Waals surface area contributed by atoms with Gasteiger partial charge in [-0.2, -0.15) is 0 Å². The van der Waals surface area contributed by atoms with Crippen molar-refractivity contribution in [1.82, 2.24) is 4.90 Å². The number of hydrogen-bond acceptors (Lipinski definition) is 4. The van der Waals surface area contributed by atoms with Crippen molar-refractivity contribution in [2.75, 3.05) is 6.61 Å². The highest BCUT2D eigenvalue weighted by Crippen LogP contribution is 2.28. The maximum atomic E-state index is 12.7. The van der Waals surface area contributed by atoms with Crippen LogP contribution >= 0.6 is 11.3 Å². The summed E-state index contributed by atoms with van der Waals surface area (Å²) in [6, 6.07) is 21.1. The highest BCUT2D eigenvalue weighted by atomic mass is 32.1. The maximum Gasteiger partial charge on any atom is 0.417 e. The zero-order valence-corrected chi connectivity index (χ0v) is 15.3. The molecular formula is C22H17NO3S. The van der Waals surface area contributed by atoms with Crippen LogP contribution in [-0.2, 0) is 9.53 Å². The van der Waals surface area contributed by atoms with Crippen LogP contribution in [-0.4, -0.2) is 23.5 Å². The van der Waals surface area contributed by atoms with E-state index < -0.39 is 12.1 Å². The van der Waals surface area contributed by atoms with Crippen molar-refractivity contribution in [3.8, 4) is 10.4 Å². The molecule has 0 saturated carbocycles. The van der Waals surface area contributed by atoms with E-state index >= 15 is 0 Å². The van der Waals surface area contributed by atoms with Gasteiger partial charge in [-0.3, -0.25) is 4.79 Å². The minimum atomic E-state index is -0.606. The lowest BCUT2D eigenvalue weighted by Gasteiger charge is -2.18. The van der Waals surface area contributed by atoms with Gasteiger partial charge in [0.2, 0.25) is 0 Å². The van der Waals surface area contributed by atoms with Crippen LogP contribution < -0.4 is 0 Å². The summed E-state index contributed by atoms with van der Waals surface area (Å²) in [6.45, 7) is 0.177. The molecule has 2 aromatic carbocycles. The third-order valence-corrected chi connectivity index (χ3v) is 5.32. The quantitative estimate of drug-likeness (QED) is 0.593. The number of imide groups is 1. The van der Waals surface area contributed by atoms with Gasteiger partial charge in [-0.05, 0) is 40.3 Å². The second kappa shape index (κ2) is 7.60. The second-order valence-corrected chi connectivity index (χ2v) is 7.10. The van der Waals surface area contributed by atoms with Crippen LogP contribution in [0.15, 0.2) is 78.2 Å². The number of benzene rings is 2. The number of carbonyl (C=O) groups is 2. The van der Waals surface area contributed by atoms with E-state index in [1.807, 2.05) is 66.0 Å². The van der Waals surface area contributed by atoms with Crippen molar-refractivity contribution in [3.05, 3.63) is 89.3 Å². The van der Waals surface area contributed by atoms with E-state index in [0.29, 0.717) is 0 Å². The number of hydrogen-bond donors (Lipinski definition) is 0. The van der Waals surface area contributed by atoms with Crippen LogP contribution in [0.4, 0.5) is 4.79 Å². The average molecular weight is 375 g/mol. The van der Waals surface area contributed by atoms with E-state index in [-0.39, 0.29) is 12.5 Å². The fourth-order valence-electron chi connectivity index (χ4n) is 3.07. The molecule has 1 unspecified atom stereocenters. The Morgan fingerprint density at radius 2 is 1.93 bits per heavy atom. The van der Waals surface area contributed by atoms with Crippen LogP contribution in [0, 0.1) is 0 Å². The van der Waals surface area contributed by atoms with Gasteiger partial charge in [-0.15, -0.1) is 11.3 Å². The lowest BCUT2D eigenvalue weighted by atomic mass is 10.1. The van der Waals surface area contributed by atoms with Crippen molar-refractivity contribution in [1.29, 1.82) is 0 Å². The first-order valence-electron chi connectivity index (χ1n) is 8.59. The topological polar surface area (TPSA) is 46.6 Å². The number of amides is 2. The molecule has 0 radical (unpaired) electrons. The van der Waals surface area contributed by atoms with Crippen LogP contribution in [0.2, 0.25) is 0 Å². The number of thiophene rings is 1. The van der Waals surface area contributed by atoms with Gasteiger partial charge < -0.3 is 4.74 Å². The van der Waals surface area contributed by atoms with E-state index in [0.717, 1.165) is 16.7 Å². The van der Waals surface area contributed by atoms with Gasteiger partial charge in [0.15, 0.2) is 0 Å². The molecular weight excluding hydrogens is 358 g/mol. The van der Waals surface area contributed by atoms with Gasteiger partial charge in [0, 0.05) is 11.0 Å². The van der Waals surface area contributed by atoms with Gasteiger partial charge in [0.05, 0.1) is 0 Å². The molecule has 27 heavy (non-hydrogen) atoms. The molecule has 5 heteroatoms. The van der Waals surface area contributed by atoms with Crippen LogP contribution in [0.25, 0.3) is 16.5 Å². The SMILES string of the molecule is O=C(C=Cc1cccc(-c2cccs2)c1)N1C(=O)OCC1c1ccccc1. The van der Waals surface area contributed by atoms with Crippen LogP contribution in [0.5, 0.6) is 0 Å². The molecule has 3 aromatic rings. The van der Waals surface area contributed by atoms with Crippen molar-refractivity contribution in [3.63, 3.8) is 0 Å². The lowest BCUT2D eigenvalue weighted by molar-refractivity contribution is -0.124. The van der Waals surface area contributed by atoms with Gasteiger partial charge in [0.25, 0.3) is 5.91 Å². The lowest BCUT2D eigenvalue weighted by Crippen LogP contribution is -2.32. The molecule has 1 atom stereocenters. The Balaban J connectivity index is 1.54. The molecule has 0 bridgehead atoms.